The van der Waals surface area contributed by atoms with E-state index in [9.17, 15) is 9.59 Å². The Morgan fingerprint density at radius 1 is 1.13 bits per heavy atom. The molecule has 0 N–H and O–H groups in total. The van der Waals surface area contributed by atoms with Crippen LogP contribution in [-0.2, 0) is 16.1 Å². The molecule has 0 spiro atoms. The van der Waals surface area contributed by atoms with Crippen molar-refractivity contribution in [2.24, 2.45) is 0 Å². The average molecular weight is 311 g/mol. The van der Waals surface area contributed by atoms with Gasteiger partial charge in [-0.1, -0.05) is 30.3 Å². The van der Waals surface area contributed by atoms with Crippen molar-refractivity contribution in [2.45, 2.75) is 45.3 Å². The Labute approximate surface area is 136 Å². The van der Waals surface area contributed by atoms with Crippen molar-refractivity contribution in [2.75, 3.05) is 0 Å². The highest BCUT2D eigenvalue weighted by Crippen LogP contribution is 2.31. The fourth-order valence-electron chi connectivity index (χ4n) is 3.13. The van der Waals surface area contributed by atoms with Gasteiger partial charge < -0.3 is 9.30 Å². The van der Waals surface area contributed by atoms with E-state index in [2.05, 4.69) is 0 Å². The van der Waals surface area contributed by atoms with E-state index in [0.29, 0.717) is 11.3 Å². The van der Waals surface area contributed by atoms with Crippen LogP contribution in [0.3, 0.4) is 0 Å². The molecule has 4 heteroatoms. The molecule has 2 aromatic rings. The Balaban J connectivity index is 1.91. The zero-order chi connectivity index (χ0) is 16.4. The zero-order valence-corrected chi connectivity index (χ0v) is 13.5. The van der Waals surface area contributed by atoms with Crippen LogP contribution in [0.1, 0.15) is 54.4 Å². The number of ketones is 1. The van der Waals surface area contributed by atoms with E-state index in [4.69, 9.17) is 4.74 Å². The van der Waals surface area contributed by atoms with Gasteiger partial charge in [-0.3, -0.25) is 9.59 Å². The Bertz CT molecular complexity index is 715. The van der Waals surface area contributed by atoms with Crippen LogP contribution in [0.15, 0.2) is 42.5 Å². The normalized spacial score (nSPS) is 16.9. The second kappa shape index (κ2) is 6.41. The van der Waals surface area contributed by atoms with E-state index >= 15 is 0 Å². The van der Waals surface area contributed by atoms with E-state index in [-0.39, 0.29) is 23.8 Å². The van der Waals surface area contributed by atoms with Gasteiger partial charge in [0.25, 0.3) is 0 Å². The highest BCUT2D eigenvalue weighted by Gasteiger charge is 2.31. The van der Waals surface area contributed by atoms with Gasteiger partial charge in [-0.05, 0) is 38.8 Å². The maximum absolute atomic E-state index is 12.7. The van der Waals surface area contributed by atoms with E-state index < -0.39 is 0 Å². The Morgan fingerprint density at radius 3 is 2.57 bits per heavy atom. The molecule has 0 fully saturated rings. The Morgan fingerprint density at radius 2 is 1.87 bits per heavy atom. The van der Waals surface area contributed by atoms with E-state index in [1.54, 1.807) is 0 Å². The third-order valence-electron chi connectivity index (χ3n) is 4.15. The van der Waals surface area contributed by atoms with Gasteiger partial charge in [-0.15, -0.1) is 0 Å². The first kappa shape index (κ1) is 15.5. The van der Waals surface area contributed by atoms with Crippen LogP contribution >= 0.6 is 0 Å². The van der Waals surface area contributed by atoms with Crippen LogP contribution in [0.25, 0.3) is 0 Å². The molecule has 23 heavy (non-hydrogen) atoms. The molecule has 1 aromatic carbocycles. The monoisotopic (exact) mass is 311 g/mol. The Hall–Kier alpha value is -2.36. The third kappa shape index (κ3) is 3.07. The first-order chi connectivity index (χ1) is 11.1. The van der Waals surface area contributed by atoms with Gasteiger partial charge in [0, 0.05) is 17.8 Å². The van der Waals surface area contributed by atoms with Gasteiger partial charge in [0.05, 0.1) is 17.7 Å². The molecule has 0 aliphatic carbocycles. The standard InChI is InChI=1S/C19H21NO3/c1-13(2)23-19(22)15-9-6-12-20-16(15)10-11-17(20)18(21)14-7-4-3-5-8-14/h3-5,7-8,10-11,13,15H,6,9,12H2,1-2H3. The highest BCUT2D eigenvalue weighted by atomic mass is 16.5. The molecule has 2 heterocycles. The van der Waals surface area contributed by atoms with Crippen LogP contribution in [0, 0.1) is 0 Å². The molecular weight excluding hydrogens is 290 g/mol. The number of aromatic nitrogens is 1. The van der Waals surface area contributed by atoms with Gasteiger partial charge in [0.2, 0.25) is 5.78 Å². The maximum Gasteiger partial charge on any atom is 0.315 e. The second-order valence-electron chi connectivity index (χ2n) is 6.17. The van der Waals surface area contributed by atoms with Crippen molar-refractivity contribution in [1.82, 2.24) is 4.57 Å². The quantitative estimate of drug-likeness (QED) is 0.641. The first-order valence-electron chi connectivity index (χ1n) is 8.07. The van der Waals surface area contributed by atoms with Crippen molar-refractivity contribution in [3.63, 3.8) is 0 Å². The molecule has 0 saturated carbocycles. The third-order valence-corrected chi connectivity index (χ3v) is 4.15. The van der Waals surface area contributed by atoms with Crippen molar-refractivity contribution < 1.29 is 14.3 Å². The molecule has 0 saturated heterocycles. The molecule has 3 rings (SSSR count). The average Bonchev–Trinajstić information content (AvgIpc) is 2.98. The zero-order valence-electron chi connectivity index (χ0n) is 13.5. The molecule has 1 aliphatic rings. The van der Waals surface area contributed by atoms with Gasteiger partial charge in [-0.25, -0.2) is 0 Å². The molecule has 0 radical (unpaired) electrons. The smallest absolute Gasteiger partial charge is 0.315 e. The predicted molar refractivity (Wildman–Crippen MR) is 87.5 cm³/mol. The van der Waals surface area contributed by atoms with Crippen LogP contribution in [0.4, 0.5) is 0 Å². The summed E-state index contributed by atoms with van der Waals surface area (Å²) in [5, 5.41) is 0. The molecule has 0 amide bonds. The minimum absolute atomic E-state index is 0.00488. The first-order valence-corrected chi connectivity index (χ1v) is 8.07. The van der Waals surface area contributed by atoms with E-state index in [1.807, 2.05) is 60.9 Å². The fourth-order valence-corrected chi connectivity index (χ4v) is 3.13. The number of hydrogen-bond donors (Lipinski definition) is 0. The number of fused-ring (bicyclic) bond motifs is 1. The number of carbonyl (C=O) groups excluding carboxylic acids is 2. The van der Waals surface area contributed by atoms with Gasteiger partial charge in [0.1, 0.15) is 0 Å². The summed E-state index contributed by atoms with van der Waals surface area (Å²) in [6.07, 6.45) is 1.52. The molecular formula is C19H21NO3. The number of rotatable bonds is 4. The lowest BCUT2D eigenvalue weighted by molar-refractivity contribution is -0.149. The molecule has 1 unspecified atom stereocenters. The van der Waals surface area contributed by atoms with Gasteiger partial charge in [0.15, 0.2) is 0 Å². The summed E-state index contributed by atoms with van der Waals surface area (Å²) in [5.41, 5.74) is 2.20. The summed E-state index contributed by atoms with van der Waals surface area (Å²) in [7, 11) is 0. The predicted octanol–water partition coefficient (Wildman–Crippen LogP) is 3.55. The lowest BCUT2D eigenvalue weighted by atomic mass is 9.96. The minimum atomic E-state index is -0.275. The number of benzene rings is 1. The molecule has 1 aliphatic heterocycles. The molecule has 120 valence electrons. The van der Waals surface area contributed by atoms with Crippen LogP contribution in [0.2, 0.25) is 0 Å². The minimum Gasteiger partial charge on any atom is -0.462 e. The summed E-state index contributed by atoms with van der Waals surface area (Å²) >= 11 is 0. The number of esters is 1. The molecule has 1 atom stereocenters. The Kier molecular flexibility index (Phi) is 4.33. The van der Waals surface area contributed by atoms with E-state index in [1.165, 1.54) is 0 Å². The highest BCUT2D eigenvalue weighted by molar-refractivity contribution is 6.08. The van der Waals surface area contributed by atoms with Crippen molar-refractivity contribution in [3.05, 3.63) is 59.4 Å². The van der Waals surface area contributed by atoms with Crippen molar-refractivity contribution >= 4 is 11.8 Å². The van der Waals surface area contributed by atoms with E-state index in [0.717, 1.165) is 25.1 Å². The lowest BCUT2D eigenvalue weighted by Gasteiger charge is -2.25. The topological polar surface area (TPSA) is 48.3 Å². The molecule has 4 nitrogen and oxygen atoms in total. The number of carbonyl (C=O) groups is 2. The maximum atomic E-state index is 12.7. The number of ether oxygens (including phenoxy) is 1. The van der Waals surface area contributed by atoms with Crippen molar-refractivity contribution in [1.29, 1.82) is 0 Å². The van der Waals surface area contributed by atoms with Crippen LogP contribution in [0.5, 0.6) is 0 Å². The van der Waals surface area contributed by atoms with Gasteiger partial charge >= 0.3 is 5.97 Å². The summed E-state index contributed by atoms with van der Waals surface area (Å²) in [6.45, 7) is 4.47. The number of nitrogens with zero attached hydrogens (tertiary/aromatic N) is 1. The largest absolute Gasteiger partial charge is 0.462 e. The van der Waals surface area contributed by atoms with Crippen LogP contribution in [-0.4, -0.2) is 22.4 Å². The lowest BCUT2D eigenvalue weighted by Crippen LogP contribution is -2.27. The summed E-state index contributed by atoms with van der Waals surface area (Å²) in [5.74, 6) is -0.476. The summed E-state index contributed by atoms with van der Waals surface area (Å²) < 4.78 is 7.34. The molecule has 1 aromatic heterocycles. The SMILES string of the molecule is CC(C)OC(=O)C1CCCn2c(C(=O)c3ccccc3)ccc21. The molecule has 0 bridgehead atoms. The summed E-state index contributed by atoms with van der Waals surface area (Å²) in [4.78, 5) is 25.0. The van der Waals surface area contributed by atoms with Crippen molar-refractivity contribution in [3.8, 4) is 0 Å². The fraction of sp³-hybridized carbons (Fsp3) is 0.368. The number of hydrogen-bond acceptors (Lipinski definition) is 3. The van der Waals surface area contributed by atoms with Crippen LogP contribution < -0.4 is 0 Å². The summed E-state index contributed by atoms with van der Waals surface area (Å²) in [6, 6.07) is 13.0. The van der Waals surface area contributed by atoms with Gasteiger partial charge in [-0.2, -0.15) is 0 Å². The second-order valence-corrected chi connectivity index (χ2v) is 6.17.